The molecule has 21 heavy (non-hydrogen) atoms. The van der Waals surface area contributed by atoms with Gasteiger partial charge in [0.05, 0.1) is 10.7 Å². The molecule has 2 rings (SSSR count). The van der Waals surface area contributed by atoms with E-state index in [0.717, 1.165) is 31.0 Å². The van der Waals surface area contributed by atoms with E-state index in [1.54, 1.807) is 11.3 Å². The molecule has 0 aliphatic heterocycles. The van der Waals surface area contributed by atoms with Crippen molar-refractivity contribution in [3.8, 4) is 5.75 Å². The van der Waals surface area contributed by atoms with Gasteiger partial charge in [-0.2, -0.15) is 0 Å². The fourth-order valence-electron chi connectivity index (χ4n) is 2.02. The predicted molar refractivity (Wildman–Crippen MR) is 88.8 cm³/mol. The number of hydrogen-bond acceptors (Lipinski definition) is 4. The van der Waals surface area contributed by atoms with E-state index >= 15 is 0 Å². The number of para-hydroxylation sites is 1. The van der Waals surface area contributed by atoms with Crippen LogP contribution in [-0.4, -0.2) is 11.5 Å². The summed E-state index contributed by atoms with van der Waals surface area (Å²) in [6.07, 6.45) is 0.986. The van der Waals surface area contributed by atoms with E-state index in [0.29, 0.717) is 12.5 Å². The molecule has 0 saturated carbocycles. The first-order valence-electron chi connectivity index (χ1n) is 7.53. The van der Waals surface area contributed by atoms with Gasteiger partial charge in [-0.1, -0.05) is 39.0 Å². The molecule has 1 heterocycles. The van der Waals surface area contributed by atoms with Gasteiger partial charge in [0.2, 0.25) is 0 Å². The minimum absolute atomic E-state index is 0.539. The zero-order valence-corrected chi connectivity index (χ0v) is 13.9. The van der Waals surface area contributed by atoms with Gasteiger partial charge >= 0.3 is 0 Å². The Kier molecular flexibility index (Phi) is 6.21. The predicted octanol–water partition coefficient (Wildman–Crippen LogP) is 4.03. The molecule has 4 heteroatoms. The van der Waals surface area contributed by atoms with Gasteiger partial charge in [0.1, 0.15) is 12.4 Å². The molecule has 0 spiro atoms. The van der Waals surface area contributed by atoms with Gasteiger partial charge in [-0.25, -0.2) is 4.98 Å². The standard InChI is InChI=1S/C17H24N2OS/c1-4-17-19-15(12-21-17)11-20-16-8-6-5-7-14(16)10-18-9-13(2)3/h5-8,12-13,18H,4,9-11H2,1-3H3. The number of nitrogens with zero attached hydrogens (tertiary/aromatic N) is 1. The van der Waals surface area contributed by atoms with Gasteiger partial charge in [0.15, 0.2) is 0 Å². The van der Waals surface area contributed by atoms with Crippen LogP contribution >= 0.6 is 11.3 Å². The first-order chi connectivity index (χ1) is 10.2. The molecule has 1 N–H and O–H groups in total. The molecule has 0 aliphatic rings. The lowest BCUT2D eigenvalue weighted by atomic mass is 10.2. The average molecular weight is 304 g/mol. The molecule has 1 aromatic heterocycles. The summed E-state index contributed by atoms with van der Waals surface area (Å²) in [5, 5.41) is 6.71. The van der Waals surface area contributed by atoms with Crippen molar-refractivity contribution in [2.45, 2.75) is 40.3 Å². The summed E-state index contributed by atoms with van der Waals surface area (Å²) in [6, 6.07) is 8.21. The molecular weight excluding hydrogens is 280 g/mol. The van der Waals surface area contributed by atoms with Crippen LogP contribution in [0.2, 0.25) is 0 Å². The first kappa shape index (κ1) is 16.0. The highest BCUT2D eigenvalue weighted by molar-refractivity contribution is 7.09. The number of hydrogen-bond donors (Lipinski definition) is 1. The summed E-state index contributed by atoms with van der Waals surface area (Å²) in [5.74, 6) is 1.60. The zero-order valence-electron chi connectivity index (χ0n) is 13.1. The maximum absolute atomic E-state index is 5.94. The third-order valence-corrected chi connectivity index (χ3v) is 4.16. The molecule has 0 aliphatic carbocycles. The summed E-state index contributed by atoms with van der Waals surface area (Å²) >= 11 is 1.70. The van der Waals surface area contributed by atoms with Crippen LogP contribution in [0, 0.1) is 5.92 Å². The van der Waals surface area contributed by atoms with Crippen LogP contribution < -0.4 is 10.1 Å². The average Bonchev–Trinajstić information content (AvgIpc) is 2.94. The smallest absolute Gasteiger partial charge is 0.131 e. The Morgan fingerprint density at radius 2 is 2.10 bits per heavy atom. The Morgan fingerprint density at radius 1 is 1.29 bits per heavy atom. The number of aromatic nitrogens is 1. The fourth-order valence-corrected chi connectivity index (χ4v) is 2.74. The van der Waals surface area contributed by atoms with Crippen LogP contribution in [0.3, 0.4) is 0 Å². The molecule has 0 bridgehead atoms. The summed E-state index contributed by atoms with van der Waals surface area (Å²) in [7, 11) is 0. The van der Waals surface area contributed by atoms with E-state index in [2.05, 4.69) is 48.6 Å². The van der Waals surface area contributed by atoms with Crippen molar-refractivity contribution in [2.75, 3.05) is 6.54 Å². The lowest BCUT2D eigenvalue weighted by molar-refractivity contribution is 0.297. The Balaban J connectivity index is 1.92. The molecule has 0 unspecified atom stereocenters. The fraction of sp³-hybridized carbons (Fsp3) is 0.471. The number of rotatable bonds is 8. The molecule has 3 nitrogen and oxygen atoms in total. The van der Waals surface area contributed by atoms with Crippen molar-refractivity contribution in [3.05, 3.63) is 45.9 Å². The molecule has 0 amide bonds. The first-order valence-corrected chi connectivity index (χ1v) is 8.41. The van der Waals surface area contributed by atoms with Crippen molar-refractivity contribution in [1.82, 2.24) is 10.3 Å². The lowest BCUT2D eigenvalue weighted by Crippen LogP contribution is -2.19. The lowest BCUT2D eigenvalue weighted by Gasteiger charge is -2.12. The maximum atomic E-state index is 5.94. The van der Waals surface area contributed by atoms with Gasteiger partial charge in [-0.15, -0.1) is 11.3 Å². The molecular formula is C17H24N2OS. The molecule has 1 aromatic carbocycles. The second-order valence-corrected chi connectivity index (χ2v) is 6.45. The van der Waals surface area contributed by atoms with E-state index in [1.165, 1.54) is 10.6 Å². The Labute approximate surface area is 131 Å². The molecule has 2 aromatic rings. The van der Waals surface area contributed by atoms with Crippen LogP contribution in [0.25, 0.3) is 0 Å². The Bertz CT molecular complexity index is 551. The van der Waals surface area contributed by atoms with Crippen LogP contribution in [0.4, 0.5) is 0 Å². The number of nitrogens with one attached hydrogen (secondary N) is 1. The summed E-state index contributed by atoms with van der Waals surface area (Å²) in [5.41, 5.74) is 2.21. The van der Waals surface area contributed by atoms with Crippen LogP contribution in [0.1, 0.15) is 37.0 Å². The van der Waals surface area contributed by atoms with E-state index < -0.39 is 0 Å². The maximum Gasteiger partial charge on any atom is 0.131 e. The molecule has 0 radical (unpaired) electrons. The number of thiazole rings is 1. The van der Waals surface area contributed by atoms with Crippen LogP contribution in [0.15, 0.2) is 29.6 Å². The number of aryl methyl sites for hydroxylation is 1. The Hall–Kier alpha value is -1.39. The largest absolute Gasteiger partial charge is 0.487 e. The topological polar surface area (TPSA) is 34.1 Å². The molecule has 0 atom stereocenters. The number of ether oxygens (including phenoxy) is 1. The summed E-state index contributed by atoms with van der Waals surface area (Å²) in [4.78, 5) is 4.54. The minimum atomic E-state index is 0.539. The van der Waals surface area contributed by atoms with Crippen LogP contribution in [0.5, 0.6) is 5.75 Å². The summed E-state index contributed by atoms with van der Waals surface area (Å²) in [6.45, 7) is 8.94. The van der Waals surface area contributed by atoms with Crippen LogP contribution in [-0.2, 0) is 19.6 Å². The second-order valence-electron chi connectivity index (χ2n) is 5.51. The van der Waals surface area contributed by atoms with Gasteiger partial charge in [0, 0.05) is 17.5 Å². The van der Waals surface area contributed by atoms with Gasteiger partial charge in [-0.3, -0.25) is 0 Å². The quantitative estimate of drug-likeness (QED) is 0.799. The molecule has 0 saturated heterocycles. The van der Waals surface area contributed by atoms with Crippen molar-refractivity contribution in [1.29, 1.82) is 0 Å². The third kappa shape index (κ3) is 5.14. The second kappa shape index (κ2) is 8.15. The normalized spacial score (nSPS) is 11.0. The molecule has 114 valence electrons. The van der Waals surface area contributed by atoms with Gasteiger partial charge < -0.3 is 10.1 Å². The highest BCUT2D eigenvalue weighted by Crippen LogP contribution is 2.20. The minimum Gasteiger partial charge on any atom is -0.487 e. The van der Waals surface area contributed by atoms with E-state index in [1.807, 2.05) is 12.1 Å². The van der Waals surface area contributed by atoms with E-state index in [4.69, 9.17) is 4.74 Å². The van der Waals surface area contributed by atoms with Crippen molar-refractivity contribution in [2.24, 2.45) is 5.92 Å². The van der Waals surface area contributed by atoms with Crippen molar-refractivity contribution >= 4 is 11.3 Å². The third-order valence-electron chi connectivity index (χ3n) is 3.12. The summed E-state index contributed by atoms with van der Waals surface area (Å²) < 4.78 is 5.94. The monoisotopic (exact) mass is 304 g/mol. The van der Waals surface area contributed by atoms with E-state index in [-0.39, 0.29) is 0 Å². The van der Waals surface area contributed by atoms with E-state index in [9.17, 15) is 0 Å². The highest BCUT2D eigenvalue weighted by Gasteiger charge is 2.05. The van der Waals surface area contributed by atoms with Gasteiger partial charge in [-0.05, 0) is 24.9 Å². The highest BCUT2D eigenvalue weighted by atomic mass is 32.1. The Morgan fingerprint density at radius 3 is 2.81 bits per heavy atom. The van der Waals surface area contributed by atoms with Gasteiger partial charge in [0.25, 0.3) is 0 Å². The van der Waals surface area contributed by atoms with Crippen molar-refractivity contribution in [3.63, 3.8) is 0 Å². The molecule has 0 fully saturated rings. The SMILES string of the molecule is CCc1nc(COc2ccccc2CNCC(C)C)cs1. The zero-order chi connectivity index (χ0) is 15.1. The van der Waals surface area contributed by atoms with Crippen molar-refractivity contribution < 1.29 is 4.74 Å². The number of benzene rings is 1.